The van der Waals surface area contributed by atoms with E-state index in [0.717, 1.165) is 25.9 Å². The minimum absolute atomic E-state index is 0.0336. The molecule has 2 aliphatic heterocycles. The van der Waals surface area contributed by atoms with Gasteiger partial charge < -0.3 is 10.2 Å². The molecule has 0 aromatic rings. The highest BCUT2D eigenvalue weighted by Crippen LogP contribution is 2.19. The molecule has 0 spiro atoms. The van der Waals surface area contributed by atoms with E-state index in [1.54, 1.807) is 4.90 Å². The molecule has 2 rings (SSSR count). The average molecular weight is 211 g/mol. The van der Waals surface area contributed by atoms with Gasteiger partial charge in [0.15, 0.2) is 0 Å². The monoisotopic (exact) mass is 211 g/mol. The first-order valence-electron chi connectivity index (χ1n) is 5.55. The molecular formula is C10H17N3O2. The molecule has 0 radical (unpaired) electrons. The minimum Gasteiger partial charge on any atom is -0.317 e. The number of likely N-dealkylation sites (N-methyl/N-ethyl adjacent to an activating group) is 1. The van der Waals surface area contributed by atoms with Crippen LogP contribution in [0.1, 0.15) is 19.8 Å². The number of piperidine rings is 1. The van der Waals surface area contributed by atoms with Gasteiger partial charge >= 0.3 is 6.03 Å². The van der Waals surface area contributed by atoms with Crippen LogP contribution >= 0.6 is 0 Å². The number of imide groups is 1. The van der Waals surface area contributed by atoms with E-state index in [0.29, 0.717) is 6.54 Å². The first-order valence-corrected chi connectivity index (χ1v) is 5.55. The number of hydrogen-bond acceptors (Lipinski definition) is 3. The Labute approximate surface area is 89.4 Å². The van der Waals surface area contributed by atoms with Crippen LogP contribution in [0.5, 0.6) is 0 Å². The van der Waals surface area contributed by atoms with Gasteiger partial charge in [-0.3, -0.25) is 9.69 Å². The van der Waals surface area contributed by atoms with Crippen LogP contribution in [0.4, 0.5) is 4.79 Å². The molecule has 0 aromatic heterocycles. The number of carbonyl (C=O) groups excluding carboxylic acids is 2. The van der Waals surface area contributed by atoms with Crippen molar-refractivity contribution in [3.8, 4) is 0 Å². The summed E-state index contributed by atoms with van der Waals surface area (Å²) in [5, 5.41) is 3.23. The maximum absolute atomic E-state index is 11.9. The van der Waals surface area contributed by atoms with Gasteiger partial charge in [-0.25, -0.2) is 4.79 Å². The lowest BCUT2D eigenvalue weighted by atomic mass is 10.1. The van der Waals surface area contributed by atoms with E-state index in [-0.39, 0.29) is 24.5 Å². The molecule has 0 bridgehead atoms. The lowest BCUT2D eigenvalue weighted by Gasteiger charge is -2.29. The molecule has 84 valence electrons. The lowest BCUT2D eigenvalue weighted by molar-refractivity contribution is -0.127. The van der Waals surface area contributed by atoms with Crippen LogP contribution in [0.2, 0.25) is 0 Å². The van der Waals surface area contributed by atoms with Crippen molar-refractivity contribution in [1.82, 2.24) is 15.1 Å². The molecular weight excluding hydrogens is 194 g/mol. The van der Waals surface area contributed by atoms with Gasteiger partial charge in [-0.05, 0) is 32.9 Å². The second-order valence-electron chi connectivity index (χ2n) is 4.04. The van der Waals surface area contributed by atoms with Crippen LogP contribution in [-0.2, 0) is 4.79 Å². The minimum atomic E-state index is -0.102. The molecule has 1 N–H and O–H groups in total. The Morgan fingerprint density at radius 2 is 2.00 bits per heavy atom. The lowest BCUT2D eigenvalue weighted by Crippen LogP contribution is -2.46. The van der Waals surface area contributed by atoms with Gasteiger partial charge in [0.25, 0.3) is 5.91 Å². The molecule has 5 heteroatoms. The fourth-order valence-corrected chi connectivity index (χ4v) is 2.24. The Hall–Kier alpha value is -1.10. The van der Waals surface area contributed by atoms with E-state index in [4.69, 9.17) is 0 Å². The molecule has 2 fully saturated rings. The number of urea groups is 1. The number of rotatable bonds is 2. The zero-order valence-corrected chi connectivity index (χ0v) is 9.03. The van der Waals surface area contributed by atoms with Crippen molar-refractivity contribution in [3.05, 3.63) is 0 Å². The molecule has 0 saturated carbocycles. The second-order valence-corrected chi connectivity index (χ2v) is 4.04. The quantitative estimate of drug-likeness (QED) is 0.655. The fourth-order valence-electron chi connectivity index (χ4n) is 2.24. The van der Waals surface area contributed by atoms with Crippen LogP contribution in [0.3, 0.4) is 0 Å². The van der Waals surface area contributed by atoms with E-state index in [1.807, 2.05) is 6.92 Å². The summed E-state index contributed by atoms with van der Waals surface area (Å²) in [5.74, 6) is -0.0336. The molecule has 0 aromatic carbocycles. The number of nitrogens with zero attached hydrogens (tertiary/aromatic N) is 2. The molecule has 2 heterocycles. The zero-order chi connectivity index (χ0) is 10.8. The van der Waals surface area contributed by atoms with Crippen molar-refractivity contribution in [3.63, 3.8) is 0 Å². The van der Waals surface area contributed by atoms with Gasteiger partial charge in [0.1, 0.15) is 6.54 Å². The molecule has 3 amide bonds. The molecule has 2 saturated heterocycles. The largest absolute Gasteiger partial charge is 0.327 e. The molecule has 0 unspecified atom stereocenters. The summed E-state index contributed by atoms with van der Waals surface area (Å²) in [6.45, 7) is 4.57. The number of hydrogen-bond donors (Lipinski definition) is 1. The summed E-state index contributed by atoms with van der Waals surface area (Å²) in [4.78, 5) is 26.6. The highest BCUT2D eigenvalue weighted by atomic mass is 16.2. The van der Waals surface area contributed by atoms with Crippen LogP contribution in [-0.4, -0.2) is 54.0 Å². The van der Waals surface area contributed by atoms with E-state index < -0.39 is 0 Å². The highest BCUT2D eigenvalue weighted by molar-refractivity contribution is 6.02. The molecule has 0 atom stereocenters. The Balaban J connectivity index is 2.07. The van der Waals surface area contributed by atoms with Crippen LogP contribution in [0.15, 0.2) is 0 Å². The van der Waals surface area contributed by atoms with E-state index >= 15 is 0 Å². The van der Waals surface area contributed by atoms with Gasteiger partial charge in [-0.15, -0.1) is 0 Å². The Bertz CT molecular complexity index is 274. The molecule has 15 heavy (non-hydrogen) atoms. The predicted octanol–water partition coefficient (Wildman–Crippen LogP) is 0.0225. The SMILES string of the molecule is CCN1CC(=O)N(C2CCNCC2)C1=O. The second kappa shape index (κ2) is 4.18. The molecule has 2 aliphatic rings. The first-order chi connectivity index (χ1) is 7.24. The van der Waals surface area contributed by atoms with Crippen molar-refractivity contribution in [2.24, 2.45) is 0 Å². The van der Waals surface area contributed by atoms with Crippen molar-refractivity contribution in [2.75, 3.05) is 26.2 Å². The van der Waals surface area contributed by atoms with Gasteiger partial charge in [-0.1, -0.05) is 0 Å². The predicted molar refractivity (Wildman–Crippen MR) is 55.4 cm³/mol. The van der Waals surface area contributed by atoms with Gasteiger partial charge in [-0.2, -0.15) is 0 Å². The third kappa shape index (κ3) is 1.84. The van der Waals surface area contributed by atoms with Crippen molar-refractivity contribution >= 4 is 11.9 Å². The number of amides is 3. The summed E-state index contributed by atoms with van der Waals surface area (Å²) in [5.41, 5.74) is 0. The standard InChI is InChI=1S/C10H17N3O2/c1-2-12-7-9(14)13(10(12)15)8-3-5-11-6-4-8/h8,11H,2-7H2,1H3. The van der Waals surface area contributed by atoms with E-state index in [1.165, 1.54) is 4.90 Å². The number of nitrogens with one attached hydrogen (secondary N) is 1. The third-order valence-corrected chi connectivity index (χ3v) is 3.13. The van der Waals surface area contributed by atoms with Crippen molar-refractivity contribution in [1.29, 1.82) is 0 Å². The zero-order valence-electron chi connectivity index (χ0n) is 9.03. The maximum atomic E-state index is 11.9. The summed E-state index contributed by atoms with van der Waals surface area (Å²) >= 11 is 0. The first kappa shape index (κ1) is 10.4. The average Bonchev–Trinajstić information content (AvgIpc) is 2.55. The third-order valence-electron chi connectivity index (χ3n) is 3.13. The molecule has 5 nitrogen and oxygen atoms in total. The topological polar surface area (TPSA) is 52.7 Å². The normalized spacial score (nSPS) is 24.1. The Kier molecular flexibility index (Phi) is 2.90. The van der Waals surface area contributed by atoms with Crippen molar-refractivity contribution < 1.29 is 9.59 Å². The van der Waals surface area contributed by atoms with E-state index in [2.05, 4.69) is 5.32 Å². The van der Waals surface area contributed by atoms with Gasteiger partial charge in [0.05, 0.1) is 0 Å². The van der Waals surface area contributed by atoms with Crippen molar-refractivity contribution in [2.45, 2.75) is 25.8 Å². The summed E-state index contributed by atoms with van der Waals surface area (Å²) in [7, 11) is 0. The summed E-state index contributed by atoms with van der Waals surface area (Å²) in [6.07, 6.45) is 1.77. The Morgan fingerprint density at radius 1 is 1.33 bits per heavy atom. The van der Waals surface area contributed by atoms with E-state index in [9.17, 15) is 9.59 Å². The molecule has 0 aliphatic carbocycles. The maximum Gasteiger partial charge on any atom is 0.327 e. The fraction of sp³-hybridized carbons (Fsp3) is 0.800. The van der Waals surface area contributed by atoms with Crippen LogP contribution in [0, 0.1) is 0 Å². The smallest absolute Gasteiger partial charge is 0.317 e. The van der Waals surface area contributed by atoms with Crippen LogP contribution in [0.25, 0.3) is 0 Å². The Morgan fingerprint density at radius 3 is 2.53 bits per heavy atom. The number of carbonyl (C=O) groups is 2. The summed E-state index contributed by atoms with van der Waals surface area (Å²) < 4.78 is 0. The summed E-state index contributed by atoms with van der Waals surface area (Å²) in [6, 6.07) is 0.0113. The van der Waals surface area contributed by atoms with Gasteiger partial charge in [0.2, 0.25) is 0 Å². The van der Waals surface area contributed by atoms with Crippen LogP contribution < -0.4 is 5.32 Å². The van der Waals surface area contributed by atoms with Gasteiger partial charge in [0, 0.05) is 12.6 Å². The highest BCUT2D eigenvalue weighted by Gasteiger charge is 2.39.